The van der Waals surface area contributed by atoms with Crippen LogP contribution >= 0.6 is 0 Å². The highest BCUT2D eigenvalue weighted by Gasteiger charge is 2.17. The molecular weight excluding hydrogens is 338 g/mol. The molecule has 0 aromatic heterocycles. The summed E-state index contributed by atoms with van der Waals surface area (Å²) in [5, 5.41) is 37.6. The van der Waals surface area contributed by atoms with Crippen molar-refractivity contribution in [3.63, 3.8) is 0 Å². The first-order valence-corrected chi connectivity index (χ1v) is 7.64. The number of hydrogen-bond donors (Lipinski definition) is 5. The highest BCUT2D eigenvalue weighted by atomic mass is 16.4. The monoisotopic (exact) mass is 365 g/mol. The number of aliphatic carboxylic acids is 4. The molecule has 0 fully saturated rings. The van der Waals surface area contributed by atoms with Crippen molar-refractivity contribution in [3.05, 3.63) is 0 Å². The summed E-state index contributed by atoms with van der Waals surface area (Å²) in [5.74, 6) is -4.91. The molecule has 0 rings (SSSR count). The van der Waals surface area contributed by atoms with Crippen molar-refractivity contribution < 1.29 is 39.6 Å². The zero-order valence-corrected chi connectivity index (χ0v) is 14.5. The predicted molar refractivity (Wildman–Crippen MR) is 87.6 cm³/mol. The maximum Gasteiger partial charge on any atom is 0.317 e. The summed E-state index contributed by atoms with van der Waals surface area (Å²) in [5.41, 5.74) is 0. The quantitative estimate of drug-likeness (QED) is 0.259. The molecular formula is C14H27N3O8. The Kier molecular flexibility index (Phi) is 15.3. The number of carboxylic acid groups (broad SMARTS) is 4. The van der Waals surface area contributed by atoms with Crippen LogP contribution in [-0.2, 0) is 19.2 Å². The Hall–Kier alpha value is -2.24. The van der Waals surface area contributed by atoms with Gasteiger partial charge >= 0.3 is 23.9 Å². The molecule has 146 valence electrons. The van der Waals surface area contributed by atoms with Crippen LogP contribution in [0, 0.1) is 0 Å². The second-order valence-corrected chi connectivity index (χ2v) is 4.95. The summed E-state index contributed by atoms with van der Waals surface area (Å²) < 4.78 is 0. The van der Waals surface area contributed by atoms with E-state index in [9.17, 15) is 19.2 Å². The molecule has 0 aromatic rings. The van der Waals surface area contributed by atoms with Crippen molar-refractivity contribution in [2.75, 3.05) is 52.4 Å². The third-order valence-corrected chi connectivity index (χ3v) is 2.67. The lowest BCUT2D eigenvalue weighted by Gasteiger charge is -2.23. The second-order valence-electron chi connectivity index (χ2n) is 4.95. The summed E-state index contributed by atoms with van der Waals surface area (Å²) in [6.07, 6.45) is 0. The maximum absolute atomic E-state index is 10.6. The minimum Gasteiger partial charge on any atom is -0.480 e. The standard InChI is InChI=1S/C10H16N2O8.C4H11N/c13-7(14)3-11(4-8(15)16)1-2-12(5-9(17)18)6-10(19)20;1-3-5-4-2/h1-6H2,(H,13,14)(H,15,16)(H,17,18)(H,19,20);5H,3-4H2,1-2H3. The number of carbonyl (C=O) groups is 4. The van der Waals surface area contributed by atoms with Gasteiger partial charge in [0.15, 0.2) is 0 Å². The van der Waals surface area contributed by atoms with E-state index in [1.807, 2.05) is 0 Å². The lowest BCUT2D eigenvalue weighted by atomic mass is 10.4. The summed E-state index contributed by atoms with van der Waals surface area (Å²) in [4.78, 5) is 44.4. The van der Waals surface area contributed by atoms with Gasteiger partial charge in [-0.2, -0.15) is 0 Å². The Morgan fingerprint density at radius 1 is 0.640 bits per heavy atom. The number of carboxylic acids is 4. The van der Waals surface area contributed by atoms with E-state index in [0.717, 1.165) is 22.9 Å². The van der Waals surface area contributed by atoms with E-state index < -0.39 is 50.1 Å². The largest absolute Gasteiger partial charge is 0.480 e. The molecule has 0 aliphatic carbocycles. The van der Waals surface area contributed by atoms with Gasteiger partial charge in [0.1, 0.15) is 0 Å². The number of nitrogens with one attached hydrogen (secondary N) is 1. The molecule has 0 heterocycles. The lowest BCUT2D eigenvalue weighted by Crippen LogP contribution is -2.43. The molecule has 0 atom stereocenters. The van der Waals surface area contributed by atoms with Crippen molar-refractivity contribution in [2.24, 2.45) is 0 Å². The van der Waals surface area contributed by atoms with Crippen molar-refractivity contribution in [3.8, 4) is 0 Å². The Bertz CT molecular complexity index is 360. The van der Waals surface area contributed by atoms with Crippen LogP contribution in [0.5, 0.6) is 0 Å². The molecule has 0 bridgehead atoms. The SMILES string of the molecule is CCNCC.O=C(O)CN(CCN(CC(=O)O)CC(=O)O)CC(=O)O. The third-order valence-electron chi connectivity index (χ3n) is 2.67. The fourth-order valence-corrected chi connectivity index (χ4v) is 1.73. The Labute approximate surface area is 145 Å². The summed E-state index contributed by atoms with van der Waals surface area (Å²) in [7, 11) is 0. The van der Waals surface area contributed by atoms with E-state index in [2.05, 4.69) is 19.2 Å². The van der Waals surface area contributed by atoms with Gasteiger partial charge in [0.25, 0.3) is 0 Å². The zero-order chi connectivity index (χ0) is 19.8. The van der Waals surface area contributed by atoms with E-state index in [1.165, 1.54) is 0 Å². The Morgan fingerprint density at radius 3 is 1.00 bits per heavy atom. The van der Waals surface area contributed by atoms with Gasteiger partial charge in [-0.15, -0.1) is 0 Å². The lowest BCUT2D eigenvalue weighted by molar-refractivity contribution is -0.145. The molecule has 0 saturated carbocycles. The van der Waals surface area contributed by atoms with Gasteiger partial charge in [0, 0.05) is 13.1 Å². The Balaban J connectivity index is 0. The molecule has 0 unspecified atom stereocenters. The van der Waals surface area contributed by atoms with Crippen LogP contribution in [0.1, 0.15) is 13.8 Å². The van der Waals surface area contributed by atoms with E-state index in [-0.39, 0.29) is 13.1 Å². The topological polar surface area (TPSA) is 168 Å². The van der Waals surface area contributed by atoms with Crippen molar-refractivity contribution in [2.45, 2.75) is 13.8 Å². The van der Waals surface area contributed by atoms with Crippen LogP contribution in [0.15, 0.2) is 0 Å². The highest BCUT2D eigenvalue weighted by Crippen LogP contribution is 1.94. The molecule has 11 heteroatoms. The van der Waals surface area contributed by atoms with Gasteiger partial charge in [0.2, 0.25) is 0 Å². The van der Waals surface area contributed by atoms with Gasteiger partial charge in [-0.1, -0.05) is 13.8 Å². The molecule has 0 radical (unpaired) electrons. The van der Waals surface area contributed by atoms with Gasteiger partial charge < -0.3 is 25.7 Å². The number of hydrogen-bond acceptors (Lipinski definition) is 7. The summed E-state index contributed by atoms with van der Waals surface area (Å²) >= 11 is 0. The average molecular weight is 365 g/mol. The first kappa shape index (κ1) is 25.0. The van der Waals surface area contributed by atoms with Crippen LogP contribution in [0.25, 0.3) is 0 Å². The molecule has 25 heavy (non-hydrogen) atoms. The van der Waals surface area contributed by atoms with Crippen LogP contribution in [-0.4, -0.2) is 106 Å². The molecule has 0 aliphatic heterocycles. The van der Waals surface area contributed by atoms with Crippen LogP contribution in [0.3, 0.4) is 0 Å². The van der Waals surface area contributed by atoms with E-state index >= 15 is 0 Å². The Morgan fingerprint density at radius 2 is 0.880 bits per heavy atom. The van der Waals surface area contributed by atoms with Crippen LogP contribution in [0.2, 0.25) is 0 Å². The average Bonchev–Trinajstić information content (AvgIpc) is 2.43. The molecule has 5 N–H and O–H groups in total. The fraction of sp³-hybridized carbons (Fsp3) is 0.714. The van der Waals surface area contributed by atoms with Gasteiger partial charge in [-0.25, -0.2) is 0 Å². The van der Waals surface area contributed by atoms with Crippen LogP contribution in [0.4, 0.5) is 0 Å². The number of rotatable bonds is 13. The molecule has 11 nitrogen and oxygen atoms in total. The second kappa shape index (κ2) is 15.3. The summed E-state index contributed by atoms with van der Waals surface area (Å²) in [6.45, 7) is 4.14. The van der Waals surface area contributed by atoms with Gasteiger partial charge in [0.05, 0.1) is 26.2 Å². The minimum absolute atomic E-state index is 0.0703. The molecule has 0 aliphatic rings. The first-order chi connectivity index (χ1) is 11.6. The van der Waals surface area contributed by atoms with Crippen molar-refractivity contribution in [1.29, 1.82) is 0 Å². The normalized spacial score (nSPS) is 10.2. The minimum atomic E-state index is -1.23. The van der Waals surface area contributed by atoms with E-state index in [4.69, 9.17) is 20.4 Å². The zero-order valence-electron chi connectivity index (χ0n) is 14.5. The van der Waals surface area contributed by atoms with E-state index in [1.54, 1.807) is 0 Å². The van der Waals surface area contributed by atoms with Crippen molar-refractivity contribution >= 4 is 23.9 Å². The van der Waals surface area contributed by atoms with E-state index in [0.29, 0.717) is 0 Å². The predicted octanol–water partition coefficient (Wildman–Crippen LogP) is -1.46. The molecule has 0 amide bonds. The smallest absolute Gasteiger partial charge is 0.317 e. The molecule has 0 spiro atoms. The van der Waals surface area contributed by atoms with Gasteiger partial charge in [-0.3, -0.25) is 29.0 Å². The third kappa shape index (κ3) is 19.7. The van der Waals surface area contributed by atoms with Crippen molar-refractivity contribution in [1.82, 2.24) is 15.1 Å². The molecule has 0 aromatic carbocycles. The number of nitrogens with zero attached hydrogens (tertiary/aromatic N) is 2. The van der Waals surface area contributed by atoms with Crippen LogP contribution < -0.4 is 5.32 Å². The highest BCUT2D eigenvalue weighted by molar-refractivity contribution is 5.73. The summed E-state index contributed by atoms with van der Waals surface area (Å²) in [6, 6.07) is 0. The van der Waals surface area contributed by atoms with Gasteiger partial charge in [-0.05, 0) is 13.1 Å². The first-order valence-electron chi connectivity index (χ1n) is 7.64. The maximum atomic E-state index is 10.6. The molecule has 0 saturated heterocycles. The fourth-order valence-electron chi connectivity index (χ4n) is 1.73.